The van der Waals surface area contributed by atoms with Crippen LogP contribution in [-0.4, -0.2) is 21.9 Å². The molecule has 0 fully saturated rings. The Kier molecular flexibility index (Phi) is 3.50. The van der Waals surface area contributed by atoms with Crippen molar-refractivity contribution in [1.82, 2.24) is 14.8 Å². The Hall–Kier alpha value is -2.57. The standard InChI is InChI=1S/C16H14F3N3O/c1-9-8-14(22-7-6-13(21-22)16(17,18)19)20-15-10(2)12(23-3)5-4-11(9)15/h4-8H,1-3H3. The average Bonchev–Trinajstić information content (AvgIpc) is 2.98. The maximum absolute atomic E-state index is 12.7. The largest absolute Gasteiger partial charge is 0.496 e. The molecule has 0 aliphatic heterocycles. The smallest absolute Gasteiger partial charge is 0.435 e. The van der Waals surface area contributed by atoms with Crippen LogP contribution in [0, 0.1) is 13.8 Å². The predicted molar refractivity (Wildman–Crippen MR) is 79.9 cm³/mol. The first kappa shape index (κ1) is 15.3. The Bertz CT molecular complexity index is 884. The molecule has 2 heterocycles. The Morgan fingerprint density at radius 3 is 2.48 bits per heavy atom. The van der Waals surface area contributed by atoms with E-state index in [1.54, 1.807) is 13.2 Å². The number of methoxy groups -OCH3 is 1. The molecule has 2 aromatic heterocycles. The van der Waals surface area contributed by atoms with E-state index in [1.807, 2.05) is 26.0 Å². The molecule has 3 rings (SSSR count). The van der Waals surface area contributed by atoms with Gasteiger partial charge in [0.1, 0.15) is 5.75 Å². The molecule has 120 valence electrons. The van der Waals surface area contributed by atoms with Crippen molar-refractivity contribution in [3.63, 3.8) is 0 Å². The number of ether oxygens (including phenoxy) is 1. The summed E-state index contributed by atoms with van der Waals surface area (Å²) in [5, 5.41) is 4.50. The number of hydrogen-bond donors (Lipinski definition) is 0. The van der Waals surface area contributed by atoms with Crippen molar-refractivity contribution in [2.45, 2.75) is 20.0 Å². The summed E-state index contributed by atoms with van der Waals surface area (Å²) in [6.45, 7) is 3.75. The van der Waals surface area contributed by atoms with E-state index in [9.17, 15) is 13.2 Å². The van der Waals surface area contributed by atoms with E-state index >= 15 is 0 Å². The van der Waals surface area contributed by atoms with Gasteiger partial charge in [-0.05, 0) is 43.7 Å². The Morgan fingerprint density at radius 2 is 1.87 bits per heavy atom. The highest BCUT2D eigenvalue weighted by atomic mass is 19.4. The van der Waals surface area contributed by atoms with Crippen LogP contribution in [0.3, 0.4) is 0 Å². The molecular formula is C16H14F3N3O. The summed E-state index contributed by atoms with van der Waals surface area (Å²) >= 11 is 0. The van der Waals surface area contributed by atoms with Crippen molar-refractivity contribution in [1.29, 1.82) is 0 Å². The van der Waals surface area contributed by atoms with Gasteiger partial charge in [0.05, 0.1) is 12.6 Å². The third kappa shape index (κ3) is 2.62. The van der Waals surface area contributed by atoms with Gasteiger partial charge in [0.25, 0.3) is 0 Å². The minimum absolute atomic E-state index is 0.335. The molecule has 0 radical (unpaired) electrons. The zero-order valence-corrected chi connectivity index (χ0v) is 12.8. The van der Waals surface area contributed by atoms with Crippen LogP contribution >= 0.6 is 0 Å². The third-order valence-electron chi connectivity index (χ3n) is 3.71. The maximum atomic E-state index is 12.7. The van der Waals surface area contributed by atoms with Gasteiger partial charge in [-0.1, -0.05) is 0 Å². The van der Waals surface area contributed by atoms with E-state index < -0.39 is 11.9 Å². The summed E-state index contributed by atoms with van der Waals surface area (Å²) in [4.78, 5) is 4.46. The molecule has 0 unspecified atom stereocenters. The highest BCUT2D eigenvalue weighted by Gasteiger charge is 2.33. The topological polar surface area (TPSA) is 39.9 Å². The maximum Gasteiger partial charge on any atom is 0.435 e. The number of benzene rings is 1. The number of halogens is 3. The quantitative estimate of drug-likeness (QED) is 0.714. The normalized spacial score (nSPS) is 11.9. The van der Waals surface area contributed by atoms with Gasteiger partial charge in [-0.25, -0.2) is 9.67 Å². The van der Waals surface area contributed by atoms with Crippen molar-refractivity contribution in [3.8, 4) is 11.6 Å². The molecule has 3 aromatic rings. The van der Waals surface area contributed by atoms with Crippen molar-refractivity contribution in [2.75, 3.05) is 7.11 Å². The molecule has 1 aromatic carbocycles. The first-order valence-electron chi connectivity index (χ1n) is 6.89. The second-order valence-electron chi connectivity index (χ2n) is 5.23. The lowest BCUT2D eigenvalue weighted by molar-refractivity contribution is -0.141. The van der Waals surface area contributed by atoms with Gasteiger partial charge in [-0.2, -0.15) is 18.3 Å². The second kappa shape index (κ2) is 5.26. The highest BCUT2D eigenvalue weighted by molar-refractivity contribution is 5.87. The second-order valence-corrected chi connectivity index (χ2v) is 5.23. The van der Waals surface area contributed by atoms with Crippen molar-refractivity contribution < 1.29 is 17.9 Å². The molecule has 0 aliphatic rings. The molecule has 23 heavy (non-hydrogen) atoms. The lowest BCUT2D eigenvalue weighted by Crippen LogP contribution is -2.08. The molecule has 0 atom stereocenters. The molecule has 0 amide bonds. The summed E-state index contributed by atoms with van der Waals surface area (Å²) in [6.07, 6.45) is -3.22. The highest BCUT2D eigenvalue weighted by Crippen LogP contribution is 2.30. The first-order chi connectivity index (χ1) is 10.8. The Balaban J connectivity index is 2.19. The number of rotatable bonds is 2. The molecule has 0 saturated heterocycles. The van der Waals surface area contributed by atoms with Crippen LogP contribution in [0.1, 0.15) is 16.8 Å². The summed E-state index contributed by atoms with van der Waals surface area (Å²) < 4.78 is 44.5. The molecular weight excluding hydrogens is 307 g/mol. The summed E-state index contributed by atoms with van der Waals surface area (Å²) in [7, 11) is 1.56. The SMILES string of the molecule is COc1ccc2c(C)cc(-n3ccc(C(F)(F)F)n3)nc2c1C. The van der Waals surface area contributed by atoms with Gasteiger partial charge in [0.2, 0.25) is 0 Å². The van der Waals surface area contributed by atoms with Crippen LogP contribution in [0.4, 0.5) is 13.2 Å². The summed E-state index contributed by atoms with van der Waals surface area (Å²) in [5.74, 6) is 1.01. The predicted octanol–water partition coefficient (Wildman–Crippen LogP) is 4.06. The lowest BCUT2D eigenvalue weighted by Gasteiger charge is -2.11. The first-order valence-corrected chi connectivity index (χ1v) is 6.89. The van der Waals surface area contributed by atoms with Crippen LogP contribution in [0.5, 0.6) is 5.75 Å². The molecule has 0 saturated carbocycles. The van der Waals surface area contributed by atoms with Crippen LogP contribution in [0.15, 0.2) is 30.5 Å². The van der Waals surface area contributed by atoms with Crippen molar-refractivity contribution in [2.24, 2.45) is 0 Å². The fourth-order valence-corrected chi connectivity index (χ4v) is 2.50. The van der Waals surface area contributed by atoms with Gasteiger partial charge < -0.3 is 4.74 Å². The van der Waals surface area contributed by atoms with Crippen LogP contribution in [0.2, 0.25) is 0 Å². The molecule has 0 spiro atoms. The molecule has 0 aliphatic carbocycles. The number of hydrogen-bond acceptors (Lipinski definition) is 3. The van der Waals surface area contributed by atoms with Gasteiger partial charge in [0.15, 0.2) is 11.5 Å². The van der Waals surface area contributed by atoms with E-state index in [0.29, 0.717) is 17.1 Å². The van der Waals surface area contributed by atoms with Crippen LogP contribution in [0.25, 0.3) is 16.7 Å². The van der Waals surface area contributed by atoms with E-state index in [0.717, 1.165) is 27.3 Å². The van der Waals surface area contributed by atoms with E-state index in [1.165, 1.54) is 6.20 Å². The Labute approximate surface area is 130 Å². The third-order valence-corrected chi connectivity index (χ3v) is 3.71. The number of alkyl halides is 3. The number of nitrogens with zero attached hydrogens (tertiary/aromatic N) is 3. The van der Waals surface area contributed by atoms with Crippen LogP contribution < -0.4 is 4.74 Å². The van der Waals surface area contributed by atoms with Gasteiger partial charge in [0, 0.05) is 17.1 Å². The minimum Gasteiger partial charge on any atom is -0.496 e. The van der Waals surface area contributed by atoms with Gasteiger partial charge >= 0.3 is 6.18 Å². The number of aromatic nitrogens is 3. The fraction of sp³-hybridized carbons (Fsp3) is 0.250. The molecule has 0 bridgehead atoms. The molecule has 4 nitrogen and oxygen atoms in total. The van der Waals surface area contributed by atoms with Crippen LogP contribution in [-0.2, 0) is 6.18 Å². The van der Waals surface area contributed by atoms with E-state index in [2.05, 4.69) is 10.1 Å². The number of pyridine rings is 1. The number of fused-ring (bicyclic) bond motifs is 1. The van der Waals surface area contributed by atoms with E-state index in [-0.39, 0.29) is 0 Å². The minimum atomic E-state index is -4.48. The lowest BCUT2D eigenvalue weighted by atomic mass is 10.1. The average molecular weight is 321 g/mol. The van der Waals surface area contributed by atoms with Gasteiger partial charge in [-0.15, -0.1) is 0 Å². The molecule has 7 heteroatoms. The van der Waals surface area contributed by atoms with Crippen molar-refractivity contribution in [3.05, 3.63) is 47.3 Å². The summed E-state index contributed by atoms with van der Waals surface area (Å²) in [6, 6.07) is 6.38. The van der Waals surface area contributed by atoms with E-state index in [4.69, 9.17) is 4.74 Å². The fourth-order valence-electron chi connectivity index (χ4n) is 2.50. The Morgan fingerprint density at radius 1 is 1.13 bits per heavy atom. The van der Waals surface area contributed by atoms with Crippen molar-refractivity contribution >= 4 is 10.9 Å². The molecule has 0 N–H and O–H groups in total. The zero-order chi connectivity index (χ0) is 16.8. The van der Waals surface area contributed by atoms with Gasteiger partial charge in [-0.3, -0.25) is 0 Å². The zero-order valence-electron chi connectivity index (χ0n) is 12.8. The summed E-state index contributed by atoms with van der Waals surface area (Å²) in [5.41, 5.74) is 1.47. The number of aryl methyl sites for hydroxylation is 2. The monoisotopic (exact) mass is 321 g/mol.